The smallest absolute Gasteiger partial charge is 0.240 e. The number of fused-ring (bicyclic) bond motifs is 5. The highest BCUT2D eigenvalue weighted by Gasteiger charge is 2.89. The molecule has 1 aromatic carbocycles. The van der Waals surface area contributed by atoms with Crippen LogP contribution >= 0.6 is 46.4 Å². The molecule has 4 rings (SSSR count). The van der Waals surface area contributed by atoms with Crippen molar-refractivity contribution in [3.05, 3.63) is 39.9 Å². The van der Waals surface area contributed by atoms with Gasteiger partial charge in [-0.15, -0.1) is 23.2 Å². The highest BCUT2D eigenvalue weighted by Crippen LogP contribution is 2.75. The number of alkyl halides is 2. The summed E-state index contributed by atoms with van der Waals surface area (Å²) in [6, 6.07) is 7.05. The second kappa shape index (κ2) is 5.85. The fourth-order valence-electron chi connectivity index (χ4n) is 4.76. The summed E-state index contributed by atoms with van der Waals surface area (Å²) < 4.78 is 11.1. The van der Waals surface area contributed by atoms with Gasteiger partial charge in [0.2, 0.25) is 17.6 Å². The van der Waals surface area contributed by atoms with Gasteiger partial charge >= 0.3 is 0 Å². The number of imide groups is 1. The molecule has 4 atom stereocenters. The summed E-state index contributed by atoms with van der Waals surface area (Å²) in [7, 11) is 2.65. The average molecular weight is 451 g/mol. The topological polar surface area (TPSA) is 55.8 Å². The number of anilines is 1. The van der Waals surface area contributed by atoms with E-state index in [1.807, 2.05) is 6.07 Å². The molecule has 1 saturated heterocycles. The molecule has 0 aromatic heterocycles. The van der Waals surface area contributed by atoms with E-state index in [2.05, 4.69) is 0 Å². The summed E-state index contributed by atoms with van der Waals surface area (Å²) in [6.07, 6.45) is 0. The number of hydrogen-bond donors (Lipinski definition) is 0. The Morgan fingerprint density at radius 3 is 1.78 bits per heavy atom. The Balaban J connectivity index is 1.96. The monoisotopic (exact) mass is 449 g/mol. The van der Waals surface area contributed by atoms with Crippen molar-refractivity contribution >= 4 is 63.9 Å². The summed E-state index contributed by atoms with van der Waals surface area (Å²) in [6.45, 7) is 1.80. The van der Waals surface area contributed by atoms with Crippen molar-refractivity contribution in [3.63, 3.8) is 0 Å². The first kappa shape index (κ1) is 19.5. The SMILES string of the molecule is COC1(OC)[C@@]2(Cl)C(Cl)=C(Cl)[C@@]1(Cl)[C@H]1C(=O)N(c3ccccc3C)C(=O)[C@@H]12. The van der Waals surface area contributed by atoms with Gasteiger partial charge in [-0.25, -0.2) is 4.90 Å². The molecule has 2 aliphatic carbocycles. The molecule has 1 aromatic rings. The summed E-state index contributed by atoms with van der Waals surface area (Å²) in [4.78, 5) is 24.4. The number of benzene rings is 1. The van der Waals surface area contributed by atoms with E-state index in [0.717, 1.165) is 10.5 Å². The molecule has 1 aliphatic heterocycles. The number of rotatable bonds is 3. The number of methoxy groups -OCH3 is 2. The number of aryl methyl sites for hydroxylation is 1. The molecule has 0 radical (unpaired) electrons. The molecule has 1 saturated carbocycles. The van der Waals surface area contributed by atoms with Crippen molar-refractivity contribution in [2.24, 2.45) is 11.8 Å². The van der Waals surface area contributed by atoms with Gasteiger partial charge in [0.05, 0.1) is 27.6 Å². The summed E-state index contributed by atoms with van der Waals surface area (Å²) in [5, 5.41) is -0.0860. The van der Waals surface area contributed by atoms with Crippen molar-refractivity contribution in [1.82, 2.24) is 0 Å². The highest BCUT2D eigenvalue weighted by atomic mass is 35.5. The zero-order chi connectivity index (χ0) is 19.9. The molecule has 144 valence electrons. The molecule has 2 bridgehead atoms. The second-order valence-electron chi connectivity index (χ2n) is 6.83. The molecule has 0 unspecified atom stereocenters. The predicted octanol–water partition coefficient (Wildman–Crippen LogP) is 3.76. The van der Waals surface area contributed by atoms with Gasteiger partial charge in [0.15, 0.2) is 0 Å². The van der Waals surface area contributed by atoms with Crippen LogP contribution in [-0.2, 0) is 19.1 Å². The Labute approximate surface area is 176 Å². The Bertz CT molecular complexity index is 868. The zero-order valence-corrected chi connectivity index (χ0v) is 17.6. The standard InChI is InChI=1S/C18H15Cl4NO4/c1-8-6-4-5-7-9(8)23-14(24)10-11(15(23)25)17(22)13(20)12(19)16(10,21)18(17,26-2)27-3/h4-7,10-11H,1-3H3/t10-,11-,16+,17+/m1/s1. The third-order valence-corrected chi connectivity index (χ3v) is 8.49. The van der Waals surface area contributed by atoms with Crippen LogP contribution in [0.2, 0.25) is 0 Å². The summed E-state index contributed by atoms with van der Waals surface area (Å²) >= 11 is 26.7. The van der Waals surface area contributed by atoms with Crippen LogP contribution in [0.1, 0.15) is 5.56 Å². The van der Waals surface area contributed by atoms with Crippen LogP contribution in [0.25, 0.3) is 0 Å². The molecular formula is C18H15Cl4NO4. The van der Waals surface area contributed by atoms with Gasteiger partial charge in [0, 0.05) is 14.2 Å². The molecule has 9 heteroatoms. The third kappa shape index (κ3) is 1.82. The van der Waals surface area contributed by atoms with Crippen LogP contribution < -0.4 is 4.90 Å². The van der Waals surface area contributed by atoms with Crippen LogP contribution in [0.5, 0.6) is 0 Å². The number of hydrogen-bond acceptors (Lipinski definition) is 4. The fourth-order valence-corrected chi connectivity index (χ4v) is 6.92. The maximum absolute atomic E-state index is 13.4. The van der Waals surface area contributed by atoms with Gasteiger partial charge < -0.3 is 9.47 Å². The van der Waals surface area contributed by atoms with Crippen molar-refractivity contribution in [1.29, 1.82) is 0 Å². The third-order valence-electron chi connectivity index (χ3n) is 5.88. The number of halogens is 4. The normalized spacial score (nSPS) is 36.8. The predicted molar refractivity (Wildman–Crippen MR) is 103 cm³/mol. The Hall–Kier alpha value is -0.820. The van der Waals surface area contributed by atoms with E-state index >= 15 is 0 Å². The lowest BCUT2D eigenvalue weighted by atomic mass is 9.84. The van der Waals surface area contributed by atoms with Crippen molar-refractivity contribution < 1.29 is 19.1 Å². The largest absolute Gasteiger partial charge is 0.350 e. The molecular weight excluding hydrogens is 436 g/mol. The van der Waals surface area contributed by atoms with E-state index in [-0.39, 0.29) is 10.1 Å². The fraction of sp³-hybridized carbons (Fsp3) is 0.444. The van der Waals surface area contributed by atoms with Crippen LogP contribution in [0.15, 0.2) is 34.3 Å². The Kier molecular flexibility index (Phi) is 4.22. The number of nitrogens with zero attached hydrogens (tertiary/aromatic N) is 1. The molecule has 2 fully saturated rings. The summed E-state index contributed by atoms with van der Waals surface area (Å²) in [5.74, 6) is -4.97. The summed E-state index contributed by atoms with van der Waals surface area (Å²) in [5.41, 5.74) is 1.23. The van der Waals surface area contributed by atoms with Crippen molar-refractivity contribution in [2.75, 3.05) is 19.1 Å². The van der Waals surface area contributed by atoms with Crippen LogP contribution in [0.3, 0.4) is 0 Å². The van der Waals surface area contributed by atoms with Crippen LogP contribution in [-0.4, -0.2) is 41.6 Å². The minimum Gasteiger partial charge on any atom is -0.350 e. The van der Waals surface area contributed by atoms with Crippen molar-refractivity contribution in [3.8, 4) is 0 Å². The lowest BCUT2D eigenvalue weighted by Gasteiger charge is -2.42. The van der Waals surface area contributed by atoms with E-state index < -0.39 is 39.2 Å². The van der Waals surface area contributed by atoms with Gasteiger partial charge in [0.25, 0.3) is 0 Å². The molecule has 0 spiro atoms. The van der Waals surface area contributed by atoms with Gasteiger partial charge in [-0.05, 0) is 18.6 Å². The van der Waals surface area contributed by atoms with Gasteiger partial charge in [0.1, 0.15) is 9.75 Å². The number of amides is 2. The van der Waals surface area contributed by atoms with Crippen molar-refractivity contribution in [2.45, 2.75) is 22.5 Å². The maximum Gasteiger partial charge on any atom is 0.240 e. The van der Waals surface area contributed by atoms with E-state index in [1.165, 1.54) is 14.2 Å². The molecule has 2 amide bonds. The Morgan fingerprint density at radius 2 is 1.37 bits per heavy atom. The lowest BCUT2D eigenvalue weighted by molar-refractivity contribution is -0.221. The molecule has 5 nitrogen and oxygen atoms in total. The van der Waals surface area contributed by atoms with Gasteiger partial charge in [-0.1, -0.05) is 41.4 Å². The molecule has 3 aliphatic rings. The number of para-hydroxylation sites is 1. The van der Waals surface area contributed by atoms with Crippen LogP contribution in [0.4, 0.5) is 5.69 Å². The lowest BCUT2D eigenvalue weighted by Crippen LogP contribution is -2.60. The Morgan fingerprint density at radius 1 is 0.926 bits per heavy atom. The van der Waals surface area contributed by atoms with E-state index in [0.29, 0.717) is 5.69 Å². The van der Waals surface area contributed by atoms with Gasteiger partial charge in [-0.3, -0.25) is 9.59 Å². The highest BCUT2D eigenvalue weighted by molar-refractivity contribution is 6.54. The maximum atomic E-state index is 13.4. The number of carbonyl (C=O) groups is 2. The van der Waals surface area contributed by atoms with Crippen LogP contribution in [0, 0.1) is 18.8 Å². The molecule has 1 heterocycles. The molecule has 0 N–H and O–H groups in total. The first-order valence-corrected chi connectivity index (χ1v) is 9.64. The minimum atomic E-state index is -1.77. The zero-order valence-electron chi connectivity index (χ0n) is 14.6. The number of carbonyl (C=O) groups excluding carboxylic acids is 2. The number of ether oxygens (including phenoxy) is 2. The minimum absolute atomic E-state index is 0.0430. The first-order valence-electron chi connectivity index (χ1n) is 8.13. The van der Waals surface area contributed by atoms with Gasteiger partial charge in [-0.2, -0.15) is 0 Å². The average Bonchev–Trinajstić information content (AvgIpc) is 3.06. The second-order valence-corrected chi connectivity index (χ2v) is 8.78. The quantitative estimate of drug-likeness (QED) is 0.399. The first-order chi connectivity index (χ1) is 12.6. The van der Waals surface area contributed by atoms with E-state index in [1.54, 1.807) is 25.1 Å². The molecule has 27 heavy (non-hydrogen) atoms. The van der Waals surface area contributed by atoms with E-state index in [4.69, 9.17) is 55.9 Å². The van der Waals surface area contributed by atoms with E-state index in [9.17, 15) is 9.59 Å².